The monoisotopic (exact) mass is 951 g/mol. The quantitative estimate of drug-likeness (QED) is 0.0634. The Kier molecular flexibility index (Phi) is 24.2. The van der Waals surface area contributed by atoms with Gasteiger partial charge in [-0.1, -0.05) is 6.07 Å². The fourth-order valence-electron chi connectivity index (χ4n) is 7.68. The predicted molar refractivity (Wildman–Crippen MR) is 249 cm³/mol. The maximum absolute atomic E-state index is 9.76. The van der Waals surface area contributed by atoms with Crippen molar-refractivity contribution in [2.24, 2.45) is 0 Å². The van der Waals surface area contributed by atoms with Gasteiger partial charge in [-0.05, 0) is 50.3 Å². The smallest absolute Gasteiger partial charge is 0.256 e. The number of morpholine rings is 1. The van der Waals surface area contributed by atoms with E-state index < -0.39 is 0 Å². The predicted octanol–water partition coefficient (Wildman–Crippen LogP) is 4.36. The Balaban J connectivity index is 0.884. The molecular weight excluding hydrogens is 881 g/mol. The highest BCUT2D eigenvalue weighted by molar-refractivity contribution is 5.67. The van der Waals surface area contributed by atoms with Gasteiger partial charge in [0.25, 0.3) is 5.88 Å². The van der Waals surface area contributed by atoms with Gasteiger partial charge < -0.3 is 57.4 Å². The summed E-state index contributed by atoms with van der Waals surface area (Å²) in [5.74, 6) is 1.36. The van der Waals surface area contributed by atoms with Gasteiger partial charge in [0, 0.05) is 57.2 Å². The first-order valence-electron chi connectivity index (χ1n) is 23.8. The van der Waals surface area contributed by atoms with Crippen molar-refractivity contribution in [1.29, 1.82) is 5.26 Å². The Morgan fingerprint density at radius 3 is 1.91 bits per heavy atom. The molecule has 1 saturated heterocycles. The van der Waals surface area contributed by atoms with Crippen LogP contribution in [0.1, 0.15) is 50.6 Å². The number of ether oxygens (including phenoxy) is 11. The van der Waals surface area contributed by atoms with E-state index in [0.717, 1.165) is 63.1 Å². The second kappa shape index (κ2) is 31.3. The molecule has 0 radical (unpaired) electrons. The number of hydrogen-bond acceptors (Lipinski definition) is 19. The van der Waals surface area contributed by atoms with Gasteiger partial charge in [-0.15, -0.1) is 5.10 Å². The average Bonchev–Trinajstić information content (AvgIpc) is 4.04. The molecule has 3 aromatic heterocycles. The zero-order valence-electron chi connectivity index (χ0n) is 39.8. The van der Waals surface area contributed by atoms with Gasteiger partial charge >= 0.3 is 0 Å². The molecule has 2 aliphatic rings. The first-order valence-corrected chi connectivity index (χ1v) is 23.8. The van der Waals surface area contributed by atoms with Gasteiger partial charge in [-0.2, -0.15) is 10.4 Å². The van der Waals surface area contributed by atoms with Crippen molar-refractivity contribution in [3.63, 3.8) is 0 Å². The fraction of sp³-hybridized carbons (Fsp3) is 0.660. The lowest BCUT2D eigenvalue weighted by Crippen LogP contribution is -2.45. The molecule has 68 heavy (non-hydrogen) atoms. The van der Waals surface area contributed by atoms with E-state index >= 15 is 0 Å². The van der Waals surface area contributed by atoms with E-state index in [9.17, 15) is 5.26 Å². The minimum Gasteiger partial charge on any atom is -0.487 e. The van der Waals surface area contributed by atoms with Crippen LogP contribution < -0.4 is 14.8 Å². The molecule has 2 fully saturated rings. The number of benzene rings is 1. The number of nitriles is 1. The summed E-state index contributed by atoms with van der Waals surface area (Å²) < 4.78 is 65.5. The summed E-state index contributed by atoms with van der Waals surface area (Å²) in [5.41, 5.74) is 2.71. The Morgan fingerprint density at radius 2 is 1.34 bits per heavy atom. The lowest BCUT2D eigenvalue weighted by molar-refractivity contribution is -0.0223. The van der Waals surface area contributed by atoms with Crippen LogP contribution in [0.25, 0.3) is 11.1 Å². The molecule has 0 bridgehead atoms. The van der Waals surface area contributed by atoms with E-state index in [2.05, 4.69) is 36.3 Å². The van der Waals surface area contributed by atoms with Crippen molar-refractivity contribution in [2.45, 2.75) is 63.8 Å². The Hall–Kier alpha value is -4.86. The summed E-state index contributed by atoms with van der Waals surface area (Å²) in [4.78, 5) is 15.9. The number of rotatable bonds is 35. The van der Waals surface area contributed by atoms with E-state index in [1.54, 1.807) is 36.6 Å². The summed E-state index contributed by atoms with van der Waals surface area (Å²) >= 11 is 0. The van der Waals surface area contributed by atoms with Crippen LogP contribution in [-0.4, -0.2) is 191 Å². The van der Waals surface area contributed by atoms with Gasteiger partial charge in [-0.3, -0.25) is 9.58 Å². The lowest BCUT2D eigenvalue weighted by Gasteiger charge is -2.38. The highest BCUT2D eigenvalue weighted by Gasteiger charge is 2.29. The molecule has 1 N–H and O–H groups in total. The van der Waals surface area contributed by atoms with Crippen LogP contribution in [-0.2, 0) is 49.2 Å². The van der Waals surface area contributed by atoms with Crippen molar-refractivity contribution >= 4 is 11.6 Å². The molecule has 1 aliphatic heterocycles. The number of aromatic nitrogens is 7. The summed E-state index contributed by atoms with van der Waals surface area (Å²) in [7, 11) is 1.65. The van der Waals surface area contributed by atoms with Crippen LogP contribution in [0.15, 0.2) is 49.4 Å². The lowest BCUT2D eigenvalue weighted by atomic mass is 9.90. The Morgan fingerprint density at radius 1 is 0.750 bits per heavy atom. The van der Waals surface area contributed by atoms with Gasteiger partial charge in [0.2, 0.25) is 5.95 Å². The van der Waals surface area contributed by atoms with Crippen molar-refractivity contribution in [1.82, 2.24) is 39.4 Å². The molecule has 1 aliphatic carbocycles. The minimum atomic E-state index is -0.251. The van der Waals surface area contributed by atoms with Crippen LogP contribution in [0.4, 0.5) is 11.6 Å². The van der Waals surface area contributed by atoms with E-state index in [1.165, 1.54) is 6.33 Å². The second-order valence-corrected chi connectivity index (χ2v) is 16.2. The Labute approximate surface area is 399 Å². The topological polar surface area (TPSA) is 215 Å². The zero-order valence-corrected chi connectivity index (χ0v) is 39.8. The SMILES string of the molecule is COCCOCCOCCOCCOCCOCCOCCOCCCOc1nn([C@H]2CC[C@H](N3CCOCC3)CC2)cc1Nc1ncc(-c2ccc(C#N)c(O[C@@H](C)Cn3cncn3)c2)cn1. The van der Waals surface area contributed by atoms with Crippen molar-refractivity contribution in [2.75, 3.05) is 144 Å². The second-order valence-electron chi connectivity index (χ2n) is 16.2. The van der Waals surface area contributed by atoms with Gasteiger partial charge in [-0.25, -0.2) is 19.6 Å². The van der Waals surface area contributed by atoms with E-state index in [-0.39, 0.29) is 12.1 Å². The average molecular weight is 951 g/mol. The van der Waals surface area contributed by atoms with Crippen LogP contribution in [0.5, 0.6) is 11.6 Å². The van der Waals surface area contributed by atoms with Crippen molar-refractivity contribution in [3.05, 3.63) is 55.0 Å². The molecule has 21 nitrogen and oxygen atoms in total. The highest BCUT2D eigenvalue weighted by atomic mass is 16.6. The standard InChI is InChI=1S/C47H70N10O11/c1-38(34-56-37-49-36-52-56)68-45-30-39(4-5-40(45)31-48)41-32-50-47(51-33-41)53-44-35-57(43-8-6-42(7-9-43)55-10-14-60-15-11-55)54-46(44)67-13-3-12-59-18-19-62-22-23-64-26-27-66-29-28-65-25-24-63-21-20-61-17-16-58-2/h4-5,30,32-33,35-38,42-43H,3,6-29,34H2,1-2H3,(H,50,51,53)/t38-,42-,43-/m0/s1. The minimum absolute atomic E-state index is 0.251. The molecule has 0 amide bonds. The van der Waals surface area contributed by atoms with Crippen LogP contribution >= 0.6 is 0 Å². The van der Waals surface area contributed by atoms with E-state index in [4.69, 9.17) is 57.2 Å². The molecule has 21 heteroatoms. The van der Waals surface area contributed by atoms with Crippen LogP contribution in [0, 0.1) is 11.3 Å². The maximum atomic E-state index is 9.76. The molecule has 0 unspecified atom stereocenters. The van der Waals surface area contributed by atoms with Gasteiger partial charge in [0.1, 0.15) is 36.3 Å². The number of methoxy groups -OCH3 is 1. The van der Waals surface area contributed by atoms with E-state index in [1.807, 2.05) is 29.9 Å². The number of anilines is 2. The third-order valence-corrected chi connectivity index (χ3v) is 11.2. The molecule has 1 aromatic carbocycles. The first kappa shape index (κ1) is 52.5. The molecule has 4 heterocycles. The van der Waals surface area contributed by atoms with Crippen LogP contribution in [0.3, 0.4) is 0 Å². The normalized spacial score (nSPS) is 17.0. The molecular formula is C47H70N10O11. The molecule has 374 valence electrons. The first-order chi connectivity index (χ1) is 33.6. The fourth-order valence-corrected chi connectivity index (χ4v) is 7.68. The van der Waals surface area contributed by atoms with Crippen LogP contribution in [0.2, 0.25) is 0 Å². The number of nitrogens with one attached hydrogen (secondary N) is 1. The molecule has 4 aromatic rings. The number of hydrogen-bond donors (Lipinski definition) is 1. The molecule has 6 rings (SSSR count). The van der Waals surface area contributed by atoms with E-state index in [0.29, 0.717) is 154 Å². The van der Waals surface area contributed by atoms with Crippen molar-refractivity contribution in [3.8, 4) is 28.8 Å². The van der Waals surface area contributed by atoms with Crippen molar-refractivity contribution < 1.29 is 52.1 Å². The maximum Gasteiger partial charge on any atom is 0.256 e. The number of nitrogens with zero attached hydrogens (tertiary/aromatic N) is 9. The molecule has 1 saturated carbocycles. The highest BCUT2D eigenvalue weighted by Crippen LogP contribution is 2.35. The summed E-state index contributed by atoms with van der Waals surface area (Å²) in [5, 5.41) is 22.2. The van der Waals surface area contributed by atoms with Gasteiger partial charge in [0.05, 0.1) is 137 Å². The summed E-state index contributed by atoms with van der Waals surface area (Å²) in [6, 6.07) is 8.49. The summed E-state index contributed by atoms with van der Waals surface area (Å²) in [6.45, 7) is 14.1. The molecule has 1 atom stereocenters. The zero-order chi connectivity index (χ0) is 47.3. The van der Waals surface area contributed by atoms with Gasteiger partial charge in [0.15, 0.2) is 0 Å². The Bertz CT molecular complexity index is 1970. The summed E-state index contributed by atoms with van der Waals surface area (Å²) in [6.07, 6.45) is 13.3. The third-order valence-electron chi connectivity index (χ3n) is 11.2. The third kappa shape index (κ3) is 18.9. The largest absolute Gasteiger partial charge is 0.487 e. The molecule has 0 spiro atoms.